The number of hydrogen-bond acceptors (Lipinski definition) is 6. The molecule has 0 saturated carbocycles. The molecule has 0 radical (unpaired) electrons. The molecule has 0 aliphatic carbocycles. The zero-order valence-electron chi connectivity index (χ0n) is 18.7. The van der Waals surface area contributed by atoms with Crippen molar-refractivity contribution in [1.29, 1.82) is 0 Å². The van der Waals surface area contributed by atoms with Gasteiger partial charge in [-0.1, -0.05) is 18.2 Å². The Hall–Kier alpha value is -3.66. The van der Waals surface area contributed by atoms with E-state index in [1.54, 1.807) is 16.3 Å². The number of fused-ring (bicyclic) bond motifs is 1. The highest BCUT2D eigenvalue weighted by Gasteiger charge is 2.23. The van der Waals surface area contributed by atoms with Crippen molar-refractivity contribution in [2.45, 2.75) is 33.4 Å². The third-order valence-corrected chi connectivity index (χ3v) is 5.45. The van der Waals surface area contributed by atoms with Crippen LogP contribution in [0.1, 0.15) is 17.0 Å². The lowest BCUT2D eigenvalue weighted by Gasteiger charge is -2.16. The Morgan fingerprint density at radius 1 is 1.09 bits per heavy atom. The van der Waals surface area contributed by atoms with Crippen molar-refractivity contribution in [3.05, 3.63) is 68.1 Å². The van der Waals surface area contributed by atoms with Gasteiger partial charge in [-0.15, -0.1) is 0 Å². The molecule has 3 aromatic heterocycles. The first-order valence-electron chi connectivity index (χ1n) is 10.3. The molecule has 1 atom stereocenters. The van der Waals surface area contributed by atoms with Crippen LogP contribution in [0.2, 0.25) is 0 Å². The first kappa shape index (κ1) is 21.6. The van der Waals surface area contributed by atoms with E-state index in [4.69, 9.17) is 4.74 Å². The Morgan fingerprint density at radius 3 is 2.47 bits per heavy atom. The molecule has 1 unspecified atom stereocenters. The number of imidazole rings is 1. The molecule has 1 N–H and O–H groups in total. The minimum Gasteiger partial charge on any atom is -0.491 e. The van der Waals surface area contributed by atoms with Crippen LogP contribution in [0.4, 0.5) is 0 Å². The summed E-state index contributed by atoms with van der Waals surface area (Å²) in [5.74, 6) is 1.03. The molecule has 4 rings (SSSR count). The second-order valence-corrected chi connectivity index (χ2v) is 7.97. The van der Waals surface area contributed by atoms with Crippen LogP contribution in [0.3, 0.4) is 0 Å². The second-order valence-electron chi connectivity index (χ2n) is 7.97. The van der Waals surface area contributed by atoms with E-state index in [0.29, 0.717) is 11.7 Å². The van der Waals surface area contributed by atoms with E-state index < -0.39 is 17.4 Å². The van der Waals surface area contributed by atoms with Crippen LogP contribution >= 0.6 is 0 Å². The minimum absolute atomic E-state index is 0.0210. The summed E-state index contributed by atoms with van der Waals surface area (Å²) < 4.78 is 11.3. The smallest absolute Gasteiger partial charge is 0.332 e. The maximum atomic E-state index is 13.0. The van der Waals surface area contributed by atoms with Gasteiger partial charge in [0, 0.05) is 19.8 Å². The van der Waals surface area contributed by atoms with Gasteiger partial charge < -0.3 is 9.84 Å². The number of aromatic nitrogens is 6. The van der Waals surface area contributed by atoms with Crippen LogP contribution in [-0.4, -0.2) is 46.3 Å². The van der Waals surface area contributed by atoms with Gasteiger partial charge in [0.25, 0.3) is 5.56 Å². The fourth-order valence-electron chi connectivity index (χ4n) is 3.77. The maximum Gasteiger partial charge on any atom is 0.332 e. The molecular formula is C22H26N6O4. The van der Waals surface area contributed by atoms with Gasteiger partial charge in [-0.05, 0) is 38.5 Å². The average Bonchev–Trinajstić information content (AvgIpc) is 3.29. The molecule has 0 aliphatic heterocycles. The quantitative estimate of drug-likeness (QED) is 0.481. The number of aliphatic hydroxyl groups excluding tert-OH is 1. The lowest BCUT2D eigenvalue weighted by molar-refractivity contribution is 0.0928. The maximum absolute atomic E-state index is 13.0. The van der Waals surface area contributed by atoms with E-state index in [2.05, 4.69) is 10.1 Å². The number of nitrogens with zero attached hydrogens (tertiary/aromatic N) is 6. The van der Waals surface area contributed by atoms with Gasteiger partial charge in [-0.2, -0.15) is 10.1 Å². The van der Waals surface area contributed by atoms with E-state index in [1.807, 2.05) is 51.1 Å². The molecule has 32 heavy (non-hydrogen) atoms. The fourth-order valence-corrected chi connectivity index (χ4v) is 3.77. The van der Waals surface area contributed by atoms with E-state index >= 15 is 0 Å². The van der Waals surface area contributed by atoms with Gasteiger partial charge in [0.15, 0.2) is 11.2 Å². The summed E-state index contributed by atoms with van der Waals surface area (Å²) in [5.41, 5.74) is 2.03. The van der Waals surface area contributed by atoms with E-state index in [0.717, 1.165) is 21.5 Å². The van der Waals surface area contributed by atoms with Crippen molar-refractivity contribution in [3.63, 3.8) is 0 Å². The third kappa shape index (κ3) is 3.62. The van der Waals surface area contributed by atoms with Crippen molar-refractivity contribution < 1.29 is 9.84 Å². The predicted molar refractivity (Wildman–Crippen MR) is 119 cm³/mol. The fraction of sp³-hybridized carbons (Fsp3) is 0.364. The summed E-state index contributed by atoms with van der Waals surface area (Å²) in [5, 5.41) is 15.3. The van der Waals surface area contributed by atoms with E-state index in [-0.39, 0.29) is 24.3 Å². The monoisotopic (exact) mass is 438 g/mol. The highest BCUT2D eigenvalue weighted by molar-refractivity contribution is 5.72. The SMILES string of the molecule is Cc1cc(C)n(-c2nc3c(c(=O)n(C)c(=O)n3C)n2CC(O)COc2ccccc2C)n1. The molecule has 0 aliphatic rings. The van der Waals surface area contributed by atoms with E-state index in [9.17, 15) is 14.7 Å². The largest absolute Gasteiger partial charge is 0.491 e. The number of aryl methyl sites for hydroxylation is 4. The number of ether oxygens (including phenoxy) is 1. The second kappa shape index (κ2) is 8.12. The van der Waals surface area contributed by atoms with Gasteiger partial charge in [0.2, 0.25) is 5.95 Å². The van der Waals surface area contributed by atoms with Crippen LogP contribution in [0, 0.1) is 20.8 Å². The van der Waals surface area contributed by atoms with Crippen LogP contribution in [0.25, 0.3) is 17.1 Å². The number of benzene rings is 1. The molecule has 10 nitrogen and oxygen atoms in total. The van der Waals surface area contributed by atoms with Crippen molar-refractivity contribution in [3.8, 4) is 11.7 Å². The van der Waals surface area contributed by atoms with Crippen molar-refractivity contribution in [2.24, 2.45) is 14.1 Å². The first-order valence-corrected chi connectivity index (χ1v) is 10.3. The van der Waals surface area contributed by atoms with Gasteiger partial charge in [0.05, 0.1) is 12.2 Å². The third-order valence-electron chi connectivity index (χ3n) is 5.45. The van der Waals surface area contributed by atoms with Crippen LogP contribution in [0.15, 0.2) is 39.9 Å². The Labute approximate surface area is 183 Å². The molecule has 3 heterocycles. The summed E-state index contributed by atoms with van der Waals surface area (Å²) in [6.45, 7) is 5.71. The Morgan fingerprint density at radius 2 is 1.81 bits per heavy atom. The zero-order chi connectivity index (χ0) is 23.2. The molecule has 0 saturated heterocycles. The minimum atomic E-state index is -0.940. The summed E-state index contributed by atoms with van der Waals surface area (Å²) in [6.07, 6.45) is -0.940. The molecular weight excluding hydrogens is 412 g/mol. The van der Waals surface area contributed by atoms with Crippen molar-refractivity contribution >= 4 is 11.2 Å². The highest BCUT2D eigenvalue weighted by atomic mass is 16.5. The summed E-state index contributed by atoms with van der Waals surface area (Å²) >= 11 is 0. The van der Waals surface area contributed by atoms with Crippen LogP contribution in [0.5, 0.6) is 5.75 Å². The normalized spacial score (nSPS) is 12.4. The Bertz CT molecular complexity index is 1420. The average molecular weight is 438 g/mol. The predicted octanol–water partition coefficient (Wildman–Crippen LogP) is 0.985. The zero-order valence-corrected chi connectivity index (χ0v) is 18.7. The molecule has 0 bridgehead atoms. The van der Waals surface area contributed by atoms with Crippen molar-refractivity contribution in [1.82, 2.24) is 28.5 Å². The lowest BCUT2D eigenvalue weighted by Crippen LogP contribution is -2.38. The van der Waals surface area contributed by atoms with Crippen LogP contribution < -0.4 is 16.0 Å². The molecule has 1 aromatic carbocycles. The van der Waals surface area contributed by atoms with E-state index in [1.165, 1.54) is 11.6 Å². The standard InChI is InChI=1S/C22H26N6O4/c1-13-8-6-7-9-17(13)32-12-16(29)11-27-18-19(25(4)22(31)26(5)20(18)30)23-21(27)28-15(3)10-14(2)24-28/h6-10,16,29H,11-12H2,1-5H3. The summed E-state index contributed by atoms with van der Waals surface area (Å²) in [4.78, 5) is 30.0. The Kier molecular flexibility index (Phi) is 5.47. The first-order chi connectivity index (χ1) is 15.2. The van der Waals surface area contributed by atoms with Gasteiger partial charge >= 0.3 is 5.69 Å². The molecule has 0 spiro atoms. The topological polar surface area (TPSA) is 109 Å². The summed E-state index contributed by atoms with van der Waals surface area (Å²) in [6, 6.07) is 9.43. The Balaban J connectivity index is 1.80. The number of rotatable bonds is 6. The molecule has 168 valence electrons. The molecule has 4 aromatic rings. The van der Waals surface area contributed by atoms with Crippen LogP contribution in [-0.2, 0) is 20.6 Å². The molecule has 10 heteroatoms. The molecule has 0 fully saturated rings. The molecule has 0 amide bonds. The lowest BCUT2D eigenvalue weighted by atomic mass is 10.2. The van der Waals surface area contributed by atoms with Gasteiger partial charge in [0.1, 0.15) is 18.5 Å². The number of aliphatic hydroxyl groups is 1. The van der Waals surface area contributed by atoms with Gasteiger partial charge in [-0.3, -0.25) is 18.5 Å². The highest BCUT2D eigenvalue weighted by Crippen LogP contribution is 2.19. The summed E-state index contributed by atoms with van der Waals surface area (Å²) in [7, 11) is 2.98. The number of para-hydroxylation sites is 1. The number of hydrogen-bond donors (Lipinski definition) is 1. The van der Waals surface area contributed by atoms with Crippen molar-refractivity contribution in [2.75, 3.05) is 6.61 Å². The van der Waals surface area contributed by atoms with Gasteiger partial charge in [-0.25, -0.2) is 9.48 Å².